The highest BCUT2D eigenvalue weighted by molar-refractivity contribution is 5.84. The van der Waals surface area contributed by atoms with Crippen molar-refractivity contribution in [1.82, 2.24) is 5.32 Å². The number of hydrogen-bond donors (Lipinski definition) is 2. The highest BCUT2D eigenvalue weighted by atomic mass is 16.4. The lowest BCUT2D eigenvalue weighted by Gasteiger charge is -2.13. The van der Waals surface area contributed by atoms with Crippen molar-refractivity contribution >= 4 is 11.9 Å². The first kappa shape index (κ1) is 16.0. The predicted octanol–water partition coefficient (Wildman–Crippen LogP) is 2.33. The Balaban J connectivity index is 2.55. The van der Waals surface area contributed by atoms with Crippen molar-refractivity contribution in [2.45, 2.75) is 38.6 Å². The number of aryl methyl sites for hydroxylation is 1. The fourth-order valence-electron chi connectivity index (χ4n) is 1.87. The van der Waals surface area contributed by atoms with Crippen molar-refractivity contribution in [3.05, 3.63) is 48.0 Å². The van der Waals surface area contributed by atoms with Crippen molar-refractivity contribution in [1.29, 1.82) is 0 Å². The zero-order valence-corrected chi connectivity index (χ0v) is 11.8. The van der Waals surface area contributed by atoms with Crippen molar-refractivity contribution in [3.63, 3.8) is 0 Å². The molecule has 1 aromatic carbocycles. The van der Waals surface area contributed by atoms with E-state index in [-0.39, 0.29) is 12.3 Å². The molecule has 0 heterocycles. The fraction of sp³-hybridized carbons (Fsp3) is 0.375. The van der Waals surface area contributed by atoms with Crippen LogP contribution in [0.4, 0.5) is 0 Å². The van der Waals surface area contributed by atoms with Gasteiger partial charge in [-0.25, -0.2) is 4.79 Å². The van der Waals surface area contributed by atoms with Crippen LogP contribution in [-0.4, -0.2) is 23.0 Å². The molecule has 4 heteroatoms. The number of amides is 1. The van der Waals surface area contributed by atoms with Gasteiger partial charge in [0.05, 0.1) is 6.42 Å². The lowest BCUT2D eigenvalue weighted by Crippen LogP contribution is -2.41. The smallest absolute Gasteiger partial charge is 0.326 e. The van der Waals surface area contributed by atoms with Gasteiger partial charge in [-0.15, -0.1) is 6.58 Å². The zero-order chi connectivity index (χ0) is 15.0. The van der Waals surface area contributed by atoms with E-state index in [1.165, 1.54) is 5.56 Å². The molecular formula is C16H21NO3. The molecule has 0 aliphatic heterocycles. The monoisotopic (exact) mass is 275 g/mol. The predicted molar refractivity (Wildman–Crippen MR) is 78.5 cm³/mol. The second-order valence-electron chi connectivity index (χ2n) is 4.67. The number of carbonyl (C=O) groups is 2. The van der Waals surface area contributed by atoms with E-state index in [1.54, 1.807) is 6.08 Å². The minimum absolute atomic E-state index is 0.196. The van der Waals surface area contributed by atoms with Crippen LogP contribution in [0.1, 0.15) is 30.9 Å². The lowest BCUT2D eigenvalue weighted by atomic mass is 10.1. The second-order valence-corrected chi connectivity index (χ2v) is 4.67. The Morgan fingerprint density at radius 1 is 1.30 bits per heavy atom. The van der Waals surface area contributed by atoms with Crippen LogP contribution in [0.5, 0.6) is 0 Å². The van der Waals surface area contributed by atoms with Crippen LogP contribution in [0, 0.1) is 0 Å². The number of carboxylic acids is 1. The molecule has 1 aromatic rings. The minimum Gasteiger partial charge on any atom is -0.480 e. The summed E-state index contributed by atoms with van der Waals surface area (Å²) in [5.74, 6) is -1.28. The molecule has 2 N–H and O–H groups in total. The maximum Gasteiger partial charge on any atom is 0.326 e. The van der Waals surface area contributed by atoms with E-state index in [4.69, 9.17) is 5.11 Å². The van der Waals surface area contributed by atoms with E-state index in [0.29, 0.717) is 12.8 Å². The normalized spacial score (nSPS) is 11.7. The van der Waals surface area contributed by atoms with E-state index in [2.05, 4.69) is 18.8 Å². The molecule has 0 aromatic heterocycles. The Bertz CT molecular complexity index is 465. The molecule has 0 aliphatic rings. The van der Waals surface area contributed by atoms with Crippen molar-refractivity contribution in [3.8, 4) is 0 Å². The number of hydrogen-bond acceptors (Lipinski definition) is 2. The molecule has 0 fully saturated rings. The highest BCUT2D eigenvalue weighted by Crippen LogP contribution is 2.06. The quantitative estimate of drug-likeness (QED) is 0.716. The number of carbonyl (C=O) groups excluding carboxylic acids is 1. The molecule has 0 saturated heterocycles. The maximum atomic E-state index is 11.8. The number of benzene rings is 1. The summed E-state index contributed by atoms with van der Waals surface area (Å²) in [6, 6.07) is 6.91. The third-order valence-corrected chi connectivity index (χ3v) is 3.09. The van der Waals surface area contributed by atoms with Gasteiger partial charge in [0.15, 0.2) is 0 Å². The molecule has 1 rings (SSSR count). The summed E-state index contributed by atoms with van der Waals surface area (Å²) in [5, 5.41) is 11.6. The molecular weight excluding hydrogens is 254 g/mol. The molecule has 4 nitrogen and oxygen atoms in total. The molecule has 0 aliphatic carbocycles. The van der Waals surface area contributed by atoms with Crippen LogP contribution in [-0.2, 0) is 22.4 Å². The van der Waals surface area contributed by atoms with Gasteiger partial charge in [0.1, 0.15) is 6.04 Å². The summed E-state index contributed by atoms with van der Waals surface area (Å²) in [7, 11) is 0. The average molecular weight is 275 g/mol. The summed E-state index contributed by atoms with van der Waals surface area (Å²) in [6.45, 7) is 5.62. The summed E-state index contributed by atoms with van der Waals surface area (Å²) < 4.78 is 0. The Hall–Kier alpha value is -2.10. The van der Waals surface area contributed by atoms with Gasteiger partial charge >= 0.3 is 5.97 Å². The Kier molecular flexibility index (Phi) is 6.50. The second kappa shape index (κ2) is 8.15. The van der Waals surface area contributed by atoms with Gasteiger partial charge < -0.3 is 10.4 Å². The van der Waals surface area contributed by atoms with E-state index in [0.717, 1.165) is 12.0 Å². The van der Waals surface area contributed by atoms with Crippen LogP contribution in [0.15, 0.2) is 36.9 Å². The number of aliphatic carboxylic acids is 1. The van der Waals surface area contributed by atoms with E-state index in [9.17, 15) is 9.59 Å². The zero-order valence-electron chi connectivity index (χ0n) is 11.8. The largest absolute Gasteiger partial charge is 0.480 e. The van der Waals surface area contributed by atoms with E-state index < -0.39 is 12.0 Å². The Labute approximate surface area is 119 Å². The SMILES string of the molecule is C=CCCC(NC(=O)Cc1ccc(CC)cc1)C(=O)O. The molecule has 0 spiro atoms. The molecule has 0 saturated carbocycles. The first-order chi connectivity index (χ1) is 9.56. The summed E-state index contributed by atoms with van der Waals surface area (Å²) in [6.07, 6.45) is 3.71. The number of nitrogens with one attached hydrogen (secondary N) is 1. The third kappa shape index (κ3) is 5.26. The fourth-order valence-corrected chi connectivity index (χ4v) is 1.87. The van der Waals surface area contributed by atoms with Gasteiger partial charge in [0, 0.05) is 0 Å². The lowest BCUT2D eigenvalue weighted by molar-refractivity contribution is -0.141. The molecule has 20 heavy (non-hydrogen) atoms. The number of carboxylic acid groups (broad SMARTS) is 1. The molecule has 0 bridgehead atoms. The van der Waals surface area contributed by atoms with Crippen molar-refractivity contribution in [2.75, 3.05) is 0 Å². The van der Waals surface area contributed by atoms with Crippen LogP contribution < -0.4 is 5.32 Å². The van der Waals surface area contributed by atoms with E-state index >= 15 is 0 Å². The summed E-state index contributed by atoms with van der Waals surface area (Å²) >= 11 is 0. The summed E-state index contributed by atoms with van der Waals surface area (Å²) in [4.78, 5) is 22.9. The van der Waals surface area contributed by atoms with Gasteiger partial charge in [0.25, 0.3) is 0 Å². The molecule has 1 atom stereocenters. The van der Waals surface area contributed by atoms with Gasteiger partial charge in [-0.05, 0) is 30.4 Å². The van der Waals surface area contributed by atoms with Crippen LogP contribution >= 0.6 is 0 Å². The molecule has 1 unspecified atom stereocenters. The first-order valence-electron chi connectivity index (χ1n) is 6.77. The topological polar surface area (TPSA) is 66.4 Å². The number of allylic oxidation sites excluding steroid dienone is 1. The molecule has 0 radical (unpaired) electrons. The minimum atomic E-state index is -1.01. The van der Waals surface area contributed by atoms with Gasteiger partial charge in [-0.3, -0.25) is 4.79 Å². The van der Waals surface area contributed by atoms with Crippen LogP contribution in [0.2, 0.25) is 0 Å². The number of rotatable bonds is 8. The highest BCUT2D eigenvalue weighted by Gasteiger charge is 2.18. The first-order valence-corrected chi connectivity index (χ1v) is 6.77. The van der Waals surface area contributed by atoms with E-state index in [1.807, 2.05) is 24.3 Å². The molecule has 1 amide bonds. The Morgan fingerprint density at radius 2 is 1.90 bits per heavy atom. The van der Waals surface area contributed by atoms with Gasteiger partial charge in [-0.2, -0.15) is 0 Å². The Morgan fingerprint density at radius 3 is 2.40 bits per heavy atom. The molecule has 108 valence electrons. The van der Waals surface area contributed by atoms with Crippen LogP contribution in [0.25, 0.3) is 0 Å². The average Bonchev–Trinajstić information content (AvgIpc) is 2.44. The third-order valence-electron chi connectivity index (χ3n) is 3.09. The maximum absolute atomic E-state index is 11.8. The van der Waals surface area contributed by atoms with Crippen LogP contribution in [0.3, 0.4) is 0 Å². The standard InChI is InChI=1S/C16H21NO3/c1-3-5-6-14(16(19)20)17-15(18)11-13-9-7-12(4-2)8-10-13/h3,7-10,14H,1,4-6,11H2,2H3,(H,17,18)(H,19,20). The van der Waals surface area contributed by atoms with Gasteiger partial charge in [0.2, 0.25) is 5.91 Å². The van der Waals surface area contributed by atoms with Gasteiger partial charge in [-0.1, -0.05) is 37.3 Å². The summed E-state index contributed by atoms with van der Waals surface area (Å²) in [5.41, 5.74) is 2.09. The van der Waals surface area contributed by atoms with Crippen molar-refractivity contribution < 1.29 is 14.7 Å². The van der Waals surface area contributed by atoms with Crippen molar-refractivity contribution in [2.24, 2.45) is 0 Å².